The van der Waals surface area contributed by atoms with Crippen LogP contribution in [0.2, 0.25) is 5.02 Å². The Morgan fingerprint density at radius 3 is 2.76 bits per heavy atom. The zero-order chi connectivity index (χ0) is 18.0. The number of fused-ring (bicyclic) bond motifs is 1. The summed E-state index contributed by atoms with van der Waals surface area (Å²) < 4.78 is 11.5. The van der Waals surface area contributed by atoms with E-state index in [0.717, 1.165) is 5.56 Å². The predicted molar refractivity (Wildman–Crippen MR) is 93.1 cm³/mol. The number of benzene rings is 2. The van der Waals surface area contributed by atoms with Crippen molar-refractivity contribution in [3.63, 3.8) is 0 Å². The lowest BCUT2D eigenvalue weighted by atomic mass is 9.83. The Balaban J connectivity index is 1.89. The van der Waals surface area contributed by atoms with Crippen molar-refractivity contribution in [2.24, 2.45) is 0 Å². The highest BCUT2D eigenvalue weighted by atomic mass is 35.5. The van der Waals surface area contributed by atoms with Gasteiger partial charge in [-0.25, -0.2) is 0 Å². The number of aliphatic carboxylic acids is 1. The van der Waals surface area contributed by atoms with E-state index in [9.17, 15) is 9.90 Å². The average molecular weight is 363 g/mol. The van der Waals surface area contributed by atoms with Gasteiger partial charge in [0, 0.05) is 18.1 Å². The first-order valence-corrected chi connectivity index (χ1v) is 8.37. The fraction of sp³-hybridized carbons (Fsp3) is 0.316. The molecule has 2 aromatic carbocycles. The van der Waals surface area contributed by atoms with Gasteiger partial charge in [0.05, 0.1) is 17.5 Å². The van der Waals surface area contributed by atoms with Crippen LogP contribution in [0.5, 0.6) is 11.5 Å². The summed E-state index contributed by atoms with van der Waals surface area (Å²) in [6.45, 7) is 2.13. The first kappa shape index (κ1) is 17.6. The zero-order valence-corrected chi connectivity index (χ0v) is 14.5. The standard InChI is InChI=1S/C19H19ClO5/c1-12-9-19(23,10-18(21)22)14-7-15(20)17(8-16(14)25-12)24-11-13-5-3-2-4-6-13/h2-8,12,23H,9-11H2,1H3,(H,21,22)/t12-,19-/m1/s1. The Morgan fingerprint density at radius 2 is 2.08 bits per heavy atom. The van der Waals surface area contributed by atoms with Crippen molar-refractivity contribution in [2.75, 3.05) is 0 Å². The van der Waals surface area contributed by atoms with Crippen molar-refractivity contribution in [1.82, 2.24) is 0 Å². The maximum Gasteiger partial charge on any atom is 0.306 e. The van der Waals surface area contributed by atoms with Crippen molar-refractivity contribution in [1.29, 1.82) is 0 Å². The molecule has 2 N–H and O–H groups in total. The van der Waals surface area contributed by atoms with Crippen LogP contribution >= 0.6 is 11.6 Å². The van der Waals surface area contributed by atoms with Crippen LogP contribution in [0.25, 0.3) is 0 Å². The lowest BCUT2D eigenvalue weighted by molar-refractivity contribution is -0.145. The van der Waals surface area contributed by atoms with Gasteiger partial charge in [0.25, 0.3) is 0 Å². The van der Waals surface area contributed by atoms with Gasteiger partial charge in [0.2, 0.25) is 0 Å². The van der Waals surface area contributed by atoms with Crippen LogP contribution in [-0.4, -0.2) is 22.3 Å². The molecule has 0 bridgehead atoms. The van der Waals surface area contributed by atoms with E-state index in [4.69, 9.17) is 26.2 Å². The van der Waals surface area contributed by atoms with Crippen molar-refractivity contribution in [2.45, 2.75) is 38.1 Å². The second-order valence-electron chi connectivity index (χ2n) is 6.29. The minimum Gasteiger partial charge on any atom is -0.490 e. The van der Waals surface area contributed by atoms with Gasteiger partial charge in [-0.05, 0) is 18.6 Å². The van der Waals surface area contributed by atoms with E-state index in [1.54, 1.807) is 13.0 Å². The number of carboxylic acid groups (broad SMARTS) is 1. The quantitative estimate of drug-likeness (QED) is 0.847. The SMILES string of the molecule is C[C@@H]1C[C@@](O)(CC(=O)O)c2cc(Cl)c(OCc3ccccc3)cc2O1. The topological polar surface area (TPSA) is 76.0 Å². The summed E-state index contributed by atoms with van der Waals surface area (Å²) in [5, 5.41) is 20.2. The van der Waals surface area contributed by atoms with E-state index in [1.807, 2.05) is 30.3 Å². The van der Waals surface area contributed by atoms with Gasteiger partial charge >= 0.3 is 5.97 Å². The Morgan fingerprint density at radius 1 is 1.36 bits per heavy atom. The summed E-state index contributed by atoms with van der Waals surface area (Å²) in [7, 11) is 0. The van der Waals surface area contributed by atoms with Gasteiger partial charge in [-0.15, -0.1) is 0 Å². The van der Waals surface area contributed by atoms with Gasteiger partial charge < -0.3 is 19.7 Å². The summed E-state index contributed by atoms with van der Waals surface area (Å²) in [4.78, 5) is 11.1. The van der Waals surface area contributed by atoms with Gasteiger partial charge in [-0.1, -0.05) is 41.9 Å². The third kappa shape index (κ3) is 3.89. The predicted octanol–water partition coefficient (Wildman–Crippen LogP) is 3.75. The molecule has 0 spiro atoms. The minimum absolute atomic E-state index is 0.187. The van der Waals surface area contributed by atoms with Gasteiger partial charge in [0.15, 0.2) is 0 Å². The van der Waals surface area contributed by atoms with Crippen LogP contribution in [0, 0.1) is 0 Å². The molecule has 0 unspecified atom stereocenters. The highest BCUT2D eigenvalue weighted by Gasteiger charge is 2.41. The third-order valence-corrected chi connectivity index (χ3v) is 4.46. The molecule has 6 heteroatoms. The van der Waals surface area contributed by atoms with Crippen molar-refractivity contribution in [3.8, 4) is 11.5 Å². The molecule has 1 aliphatic rings. The number of rotatable bonds is 5. The van der Waals surface area contributed by atoms with E-state index in [0.29, 0.717) is 28.7 Å². The highest BCUT2D eigenvalue weighted by Crippen LogP contribution is 2.45. The number of halogens is 1. The lowest BCUT2D eigenvalue weighted by Gasteiger charge is -2.37. The first-order chi connectivity index (χ1) is 11.9. The third-order valence-electron chi connectivity index (χ3n) is 4.17. The smallest absolute Gasteiger partial charge is 0.306 e. The number of carboxylic acids is 1. The first-order valence-electron chi connectivity index (χ1n) is 7.99. The number of ether oxygens (including phenoxy) is 2. The second kappa shape index (κ2) is 6.94. The van der Waals surface area contributed by atoms with E-state index < -0.39 is 18.0 Å². The molecule has 0 saturated carbocycles. The molecule has 0 aliphatic carbocycles. The van der Waals surface area contributed by atoms with Gasteiger partial charge in [-0.3, -0.25) is 4.79 Å². The molecule has 1 aliphatic heterocycles. The Hall–Kier alpha value is -2.24. The fourth-order valence-electron chi connectivity index (χ4n) is 3.10. The summed E-state index contributed by atoms with van der Waals surface area (Å²) >= 11 is 6.29. The molecule has 2 atom stereocenters. The summed E-state index contributed by atoms with van der Waals surface area (Å²) in [6, 6.07) is 12.8. The Kier molecular flexibility index (Phi) is 4.88. The molecule has 5 nitrogen and oxygen atoms in total. The van der Waals surface area contributed by atoms with Gasteiger partial charge in [-0.2, -0.15) is 0 Å². The maximum absolute atomic E-state index is 11.1. The molecule has 0 amide bonds. The average Bonchev–Trinajstić information content (AvgIpc) is 2.54. The van der Waals surface area contributed by atoms with E-state index in [2.05, 4.69) is 0 Å². The molecular formula is C19H19ClO5. The summed E-state index contributed by atoms with van der Waals surface area (Å²) in [6.07, 6.45) is -0.541. The minimum atomic E-state index is -1.51. The summed E-state index contributed by atoms with van der Waals surface area (Å²) in [5.74, 6) is -0.255. The molecule has 1 heterocycles. The molecule has 132 valence electrons. The molecule has 3 rings (SSSR count). The number of hydrogen-bond acceptors (Lipinski definition) is 4. The van der Waals surface area contributed by atoms with Crippen LogP contribution in [0.1, 0.15) is 30.9 Å². The molecule has 0 saturated heterocycles. The van der Waals surface area contributed by atoms with E-state index in [1.165, 1.54) is 6.07 Å². The van der Waals surface area contributed by atoms with E-state index >= 15 is 0 Å². The molecule has 0 aromatic heterocycles. The maximum atomic E-state index is 11.1. The second-order valence-corrected chi connectivity index (χ2v) is 6.69. The van der Waals surface area contributed by atoms with E-state index in [-0.39, 0.29) is 12.5 Å². The molecule has 0 radical (unpaired) electrons. The van der Waals surface area contributed by atoms with Crippen LogP contribution in [-0.2, 0) is 17.0 Å². The Bertz CT molecular complexity index is 777. The van der Waals surface area contributed by atoms with Crippen LogP contribution in [0.15, 0.2) is 42.5 Å². The molecular weight excluding hydrogens is 344 g/mol. The highest BCUT2D eigenvalue weighted by molar-refractivity contribution is 6.32. The molecule has 0 fully saturated rings. The van der Waals surface area contributed by atoms with Crippen molar-refractivity contribution in [3.05, 3.63) is 58.6 Å². The number of hydrogen-bond donors (Lipinski definition) is 2. The monoisotopic (exact) mass is 362 g/mol. The summed E-state index contributed by atoms with van der Waals surface area (Å²) in [5.41, 5.74) is -0.140. The van der Waals surface area contributed by atoms with Gasteiger partial charge in [0.1, 0.15) is 23.7 Å². The lowest BCUT2D eigenvalue weighted by Crippen LogP contribution is -2.38. The Labute approximate surface area is 150 Å². The van der Waals surface area contributed by atoms with Crippen LogP contribution in [0.4, 0.5) is 0 Å². The largest absolute Gasteiger partial charge is 0.490 e. The van der Waals surface area contributed by atoms with Crippen molar-refractivity contribution < 1.29 is 24.5 Å². The zero-order valence-electron chi connectivity index (χ0n) is 13.7. The number of carbonyl (C=O) groups is 1. The van der Waals surface area contributed by atoms with Crippen LogP contribution in [0.3, 0.4) is 0 Å². The number of aliphatic hydroxyl groups is 1. The molecule has 25 heavy (non-hydrogen) atoms. The molecule has 2 aromatic rings. The van der Waals surface area contributed by atoms with Crippen LogP contribution < -0.4 is 9.47 Å². The van der Waals surface area contributed by atoms with Crippen molar-refractivity contribution >= 4 is 17.6 Å². The fourth-order valence-corrected chi connectivity index (χ4v) is 3.32. The normalized spacial score (nSPS) is 22.0.